The Balaban J connectivity index is 1.42. The van der Waals surface area contributed by atoms with Crippen molar-refractivity contribution in [3.05, 3.63) is 88.5 Å². The van der Waals surface area contributed by atoms with Gasteiger partial charge in [0.2, 0.25) is 11.8 Å². The van der Waals surface area contributed by atoms with Crippen molar-refractivity contribution in [2.24, 2.45) is 0 Å². The summed E-state index contributed by atoms with van der Waals surface area (Å²) in [6.45, 7) is -0.175. The van der Waals surface area contributed by atoms with Crippen LogP contribution in [0.3, 0.4) is 0 Å². The van der Waals surface area contributed by atoms with E-state index in [1.165, 1.54) is 23.1 Å². The molecule has 0 aliphatic carbocycles. The molecule has 3 aromatic rings. The van der Waals surface area contributed by atoms with E-state index in [1.54, 1.807) is 24.3 Å². The molecule has 0 aromatic heterocycles. The molecule has 31 heavy (non-hydrogen) atoms. The van der Waals surface area contributed by atoms with Gasteiger partial charge in [0.15, 0.2) is 0 Å². The van der Waals surface area contributed by atoms with Crippen LogP contribution in [0.15, 0.2) is 72.8 Å². The molecule has 156 valence electrons. The molecule has 8 nitrogen and oxygen atoms in total. The molecule has 0 radical (unpaired) electrons. The lowest BCUT2D eigenvalue weighted by molar-refractivity contribution is -0.384. The predicted octanol–water partition coefficient (Wildman–Crippen LogP) is 4.31. The van der Waals surface area contributed by atoms with Gasteiger partial charge >= 0.3 is 0 Å². The van der Waals surface area contributed by atoms with Gasteiger partial charge in [0.25, 0.3) is 5.69 Å². The van der Waals surface area contributed by atoms with Crippen molar-refractivity contribution >= 4 is 28.9 Å². The van der Waals surface area contributed by atoms with Crippen LogP contribution < -0.4 is 15.0 Å². The third-order valence-corrected chi connectivity index (χ3v) is 4.89. The van der Waals surface area contributed by atoms with E-state index in [1.807, 2.05) is 30.3 Å². The van der Waals surface area contributed by atoms with E-state index in [-0.39, 0.29) is 30.5 Å². The van der Waals surface area contributed by atoms with Crippen LogP contribution in [0.25, 0.3) is 0 Å². The molecular formula is C23H19N3O5. The summed E-state index contributed by atoms with van der Waals surface area (Å²) in [4.78, 5) is 36.8. The van der Waals surface area contributed by atoms with Gasteiger partial charge in [-0.05, 0) is 54.4 Å². The third-order valence-electron chi connectivity index (χ3n) is 4.89. The SMILES string of the molecule is O=C(CN1C(=O)CCc2cc([N+](=O)[O-])ccc21)Nc1ccc(Oc2ccccc2)cc1. The van der Waals surface area contributed by atoms with Gasteiger partial charge in [-0.1, -0.05) is 18.2 Å². The Morgan fingerprint density at radius 3 is 2.42 bits per heavy atom. The average molecular weight is 417 g/mol. The first-order chi connectivity index (χ1) is 15.0. The van der Waals surface area contributed by atoms with Gasteiger partial charge in [-0.25, -0.2) is 0 Å². The van der Waals surface area contributed by atoms with Gasteiger partial charge in [0.1, 0.15) is 18.0 Å². The maximum Gasteiger partial charge on any atom is 0.269 e. The van der Waals surface area contributed by atoms with Crippen LogP contribution in [0, 0.1) is 10.1 Å². The zero-order valence-corrected chi connectivity index (χ0v) is 16.5. The number of carbonyl (C=O) groups excluding carboxylic acids is 2. The topological polar surface area (TPSA) is 102 Å². The van der Waals surface area contributed by atoms with Crippen LogP contribution in [-0.4, -0.2) is 23.3 Å². The van der Waals surface area contributed by atoms with Gasteiger partial charge in [-0.15, -0.1) is 0 Å². The number of ether oxygens (including phenoxy) is 1. The molecule has 4 rings (SSSR count). The Kier molecular flexibility index (Phi) is 5.61. The van der Waals surface area contributed by atoms with E-state index < -0.39 is 4.92 Å². The Morgan fingerprint density at radius 1 is 1.00 bits per heavy atom. The smallest absolute Gasteiger partial charge is 0.269 e. The molecule has 0 fully saturated rings. The number of nitrogens with one attached hydrogen (secondary N) is 1. The number of aryl methyl sites for hydroxylation is 1. The lowest BCUT2D eigenvalue weighted by Gasteiger charge is -2.28. The normalized spacial score (nSPS) is 12.8. The number of para-hydroxylation sites is 1. The monoisotopic (exact) mass is 417 g/mol. The zero-order chi connectivity index (χ0) is 21.8. The lowest BCUT2D eigenvalue weighted by atomic mass is 10.0. The molecule has 0 spiro atoms. The van der Waals surface area contributed by atoms with Gasteiger partial charge in [0, 0.05) is 29.9 Å². The molecule has 2 amide bonds. The fourth-order valence-electron chi connectivity index (χ4n) is 3.41. The summed E-state index contributed by atoms with van der Waals surface area (Å²) >= 11 is 0. The molecule has 1 heterocycles. The molecule has 8 heteroatoms. The number of non-ortho nitro benzene ring substituents is 1. The fraction of sp³-hybridized carbons (Fsp3) is 0.130. The highest BCUT2D eigenvalue weighted by molar-refractivity contribution is 6.04. The second-order valence-corrected chi connectivity index (χ2v) is 7.04. The number of anilines is 2. The van der Waals surface area contributed by atoms with Crippen molar-refractivity contribution < 1.29 is 19.2 Å². The van der Waals surface area contributed by atoms with Gasteiger partial charge in [0.05, 0.1) is 4.92 Å². The number of nitro benzene ring substituents is 1. The van der Waals surface area contributed by atoms with Crippen molar-refractivity contribution in [1.29, 1.82) is 0 Å². The molecule has 0 saturated heterocycles. The Morgan fingerprint density at radius 2 is 1.71 bits per heavy atom. The number of fused-ring (bicyclic) bond motifs is 1. The van der Waals surface area contributed by atoms with Crippen molar-refractivity contribution in [1.82, 2.24) is 0 Å². The first-order valence-corrected chi connectivity index (χ1v) is 9.70. The Hall–Kier alpha value is -4.20. The maximum absolute atomic E-state index is 12.5. The summed E-state index contributed by atoms with van der Waals surface area (Å²) in [6, 6.07) is 20.6. The van der Waals surface area contributed by atoms with Crippen molar-refractivity contribution in [2.45, 2.75) is 12.8 Å². The summed E-state index contributed by atoms with van der Waals surface area (Å²) in [7, 11) is 0. The van der Waals surface area contributed by atoms with E-state index in [4.69, 9.17) is 4.74 Å². The average Bonchev–Trinajstić information content (AvgIpc) is 2.77. The molecular weight excluding hydrogens is 398 g/mol. The standard InChI is InChI=1S/C23H19N3O5/c27-22(24-17-7-10-20(11-8-17)31-19-4-2-1-3-5-19)15-25-21-12-9-18(26(29)30)14-16(21)6-13-23(25)28/h1-5,7-12,14H,6,13,15H2,(H,24,27). The first-order valence-electron chi connectivity index (χ1n) is 9.70. The van der Waals surface area contributed by atoms with Crippen LogP contribution in [-0.2, 0) is 16.0 Å². The third kappa shape index (κ3) is 4.69. The summed E-state index contributed by atoms with van der Waals surface area (Å²) in [5, 5.41) is 13.8. The zero-order valence-electron chi connectivity index (χ0n) is 16.5. The minimum absolute atomic E-state index is 0.0321. The van der Waals surface area contributed by atoms with E-state index in [0.717, 1.165) is 0 Å². The number of hydrogen-bond acceptors (Lipinski definition) is 5. The van der Waals surface area contributed by atoms with Crippen molar-refractivity contribution in [3.8, 4) is 11.5 Å². The Bertz CT molecular complexity index is 1130. The maximum atomic E-state index is 12.5. The summed E-state index contributed by atoms with van der Waals surface area (Å²) in [5.74, 6) is 0.784. The van der Waals surface area contributed by atoms with Gasteiger partial charge in [-0.3, -0.25) is 19.7 Å². The van der Waals surface area contributed by atoms with E-state index in [2.05, 4.69) is 5.32 Å². The number of amides is 2. The second kappa shape index (κ2) is 8.66. The molecule has 0 atom stereocenters. The summed E-state index contributed by atoms with van der Waals surface area (Å²) < 4.78 is 5.73. The number of carbonyl (C=O) groups is 2. The lowest BCUT2D eigenvalue weighted by Crippen LogP contribution is -2.40. The number of nitro groups is 1. The van der Waals surface area contributed by atoms with E-state index in [0.29, 0.717) is 34.9 Å². The highest BCUT2D eigenvalue weighted by Crippen LogP contribution is 2.31. The molecule has 0 bridgehead atoms. The molecule has 1 aliphatic rings. The Labute approximate surface area is 178 Å². The van der Waals surface area contributed by atoms with Crippen LogP contribution in [0.1, 0.15) is 12.0 Å². The van der Waals surface area contributed by atoms with Crippen LogP contribution >= 0.6 is 0 Å². The van der Waals surface area contributed by atoms with Crippen molar-refractivity contribution in [2.75, 3.05) is 16.8 Å². The largest absolute Gasteiger partial charge is 0.457 e. The molecule has 1 N–H and O–H groups in total. The number of benzene rings is 3. The highest BCUT2D eigenvalue weighted by atomic mass is 16.6. The molecule has 1 aliphatic heterocycles. The molecule has 0 unspecified atom stereocenters. The van der Waals surface area contributed by atoms with Crippen LogP contribution in [0.2, 0.25) is 0 Å². The summed E-state index contributed by atoms with van der Waals surface area (Å²) in [6.07, 6.45) is 0.615. The summed E-state index contributed by atoms with van der Waals surface area (Å²) in [5.41, 5.74) is 1.75. The van der Waals surface area contributed by atoms with E-state index in [9.17, 15) is 19.7 Å². The van der Waals surface area contributed by atoms with E-state index >= 15 is 0 Å². The second-order valence-electron chi connectivity index (χ2n) is 7.04. The minimum atomic E-state index is -0.473. The first kappa shape index (κ1) is 20.1. The van der Waals surface area contributed by atoms with Crippen molar-refractivity contribution in [3.63, 3.8) is 0 Å². The molecule has 0 saturated carbocycles. The van der Waals surface area contributed by atoms with Gasteiger partial charge < -0.3 is 15.0 Å². The number of hydrogen-bond donors (Lipinski definition) is 1. The fourth-order valence-corrected chi connectivity index (χ4v) is 3.41. The number of nitrogens with zero attached hydrogens (tertiary/aromatic N) is 2. The van der Waals surface area contributed by atoms with Crippen LogP contribution in [0.4, 0.5) is 17.1 Å². The minimum Gasteiger partial charge on any atom is -0.457 e. The van der Waals surface area contributed by atoms with Crippen LogP contribution in [0.5, 0.6) is 11.5 Å². The quantitative estimate of drug-likeness (QED) is 0.476. The number of rotatable bonds is 6. The predicted molar refractivity (Wildman–Crippen MR) is 115 cm³/mol. The molecule has 3 aromatic carbocycles. The highest BCUT2D eigenvalue weighted by Gasteiger charge is 2.27. The van der Waals surface area contributed by atoms with Gasteiger partial charge in [-0.2, -0.15) is 0 Å².